The first kappa shape index (κ1) is 16.3. The molecule has 2 aromatic heterocycles. The van der Waals surface area contributed by atoms with Crippen LogP contribution in [0.25, 0.3) is 5.69 Å². The second-order valence-electron chi connectivity index (χ2n) is 6.36. The van der Waals surface area contributed by atoms with E-state index in [0.717, 1.165) is 5.69 Å². The van der Waals surface area contributed by atoms with Crippen LogP contribution in [0.3, 0.4) is 0 Å². The van der Waals surface area contributed by atoms with Crippen molar-refractivity contribution in [2.45, 2.75) is 26.2 Å². The van der Waals surface area contributed by atoms with Gasteiger partial charge in [0.05, 0.1) is 11.4 Å². The van der Waals surface area contributed by atoms with Crippen LogP contribution >= 0.6 is 11.3 Å². The van der Waals surface area contributed by atoms with E-state index in [0.29, 0.717) is 10.8 Å². The first-order chi connectivity index (χ1) is 11.3. The van der Waals surface area contributed by atoms with Crippen LogP contribution in [0.1, 0.15) is 37.0 Å². The minimum atomic E-state index is -0.328. The van der Waals surface area contributed by atoms with Gasteiger partial charge in [0, 0.05) is 17.0 Å². The predicted octanol–water partition coefficient (Wildman–Crippen LogP) is 4.02. The number of benzene rings is 1. The van der Waals surface area contributed by atoms with Crippen LogP contribution < -0.4 is 5.32 Å². The van der Waals surface area contributed by atoms with E-state index < -0.39 is 0 Å². The number of carbonyl (C=O) groups excluding carboxylic acids is 1. The number of rotatable bonds is 3. The molecule has 0 radical (unpaired) electrons. The lowest BCUT2D eigenvalue weighted by Gasteiger charge is -2.14. The van der Waals surface area contributed by atoms with E-state index >= 15 is 0 Å². The highest BCUT2D eigenvalue weighted by Gasteiger charge is 2.19. The molecule has 0 bridgehead atoms. The fourth-order valence-corrected chi connectivity index (χ4v) is 2.95. The zero-order chi connectivity index (χ0) is 17.3. The highest BCUT2D eigenvalue weighted by Crippen LogP contribution is 2.26. The number of aromatic nitrogens is 3. The quantitative estimate of drug-likeness (QED) is 0.781. The summed E-state index contributed by atoms with van der Waals surface area (Å²) in [6.45, 7) is 6.20. The molecule has 7 heteroatoms. The van der Waals surface area contributed by atoms with Crippen molar-refractivity contribution >= 4 is 22.4 Å². The average Bonchev–Trinajstić information content (AvgIpc) is 3.16. The molecule has 0 fully saturated rings. The zero-order valence-electron chi connectivity index (χ0n) is 13.6. The Morgan fingerprint density at radius 3 is 2.54 bits per heavy atom. The molecule has 24 heavy (non-hydrogen) atoms. The molecule has 0 unspecified atom stereocenters. The Kier molecular flexibility index (Phi) is 4.19. The zero-order valence-corrected chi connectivity index (χ0v) is 14.4. The maximum Gasteiger partial charge on any atom is 0.277 e. The van der Waals surface area contributed by atoms with Gasteiger partial charge in [0.2, 0.25) is 0 Å². The molecule has 3 rings (SSSR count). The molecule has 0 atom stereocenters. The van der Waals surface area contributed by atoms with Crippen LogP contribution in [-0.4, -0.2) is 20.7 Å². The molecule has 1 aromatic carbocycles. The van der Waals surface area contributed by atoms with Crippen molar-refractivity contribution < 1.29 is 9.18 Å². The van der Waals surface area contributed by atoms with Crippen LogP contribution in [0.5, 0.6) is 0 Å². The number of hydrogen-bond acceptors (Lipinski definition) is 4. The standard InChI is InChI=1S/C17H17FN4OS/c1-17(2,3)14-10-24-16(19-14)20-15(23)13-8-9-22(21-13)12-6-4-11(18)5-7-12/h4-10H,1-3H3,(H,19,20,23). The molecule has 0 saturated heterocycles. The molecule has 2 heterocycles. The van der Waals surface area contributed by atoms with E-state index in [9.17, 15) is 9.18 Å². The number of anilines is 1. The number of nitrogens with zero attached hydrogens (tertiary/aromatic N) is 3. The van der Waals surface area contributed by atoms with Crippen molar-refractivity contribution in [2.24, 2.45) is 0 Å². The van der Waals surface area contributed by atoms with Gasteiger partial charge in [-0.2, -0.15) is 5.10 Å². The topological polar surface area (TPSA) is 59.8 Å². The number of nitrogens with one attached hydrogen (secondary N) is 1. The van der Waals surface area contributed by atoms with Gasteiger partial charge in [-0.3, -0.25) is 10.1 Å². The molecule has 5 nitrogen and oxygen atoms in total. The SMILES string of the molecule is CC(C)(C)c1csc(NC(=O)c2ccn(-c3ccc(F)cc3)n2)n1. The summed E-state index contributed by atoms with van der Waals surface area (Å²) in [7, 11) is 0. The lowest BCUT2D eigenvalue weighted by molar-refractivity contribution is 0.102. The summed E-state index contributed by atoms with van der Waals surface area (Å²) in [6.07, 6.45) is 1.66. The first-order valence-corrected chi connectivity index (χ1v) is 8.30. The van der Waals surface area contributed by atoms with E-state index in [-0.39, 0.29) is 22.8 Å². The van der Waals surface area contributed by atoms with Crippen LogP contribution in [0.15, 0.2) is 41.9 Å². The fraction of sp³-hybridized carbons (Fsp3) is 0.235. The minimum absolute atomic E-state index is 0.0658. The van der Waals surface area contributed by atoms with Crippen molar-refractivity contribution in [3.8, 4) is 5.69 Å². The maximum absolute atomic E-state index is 13.0. The molecule has 0 aliphatic heterocycles. The second kappa shape index (κ2) is 6.16. The van der Waals surface area contributed by atoms with Crippen LogP contribution in [0.2, 0.25) is 0 Å². The van der Waals surface area contributed by atoms with Gasteiger partial charge in [0.25, 0.3) is 5.91 Å². The van der Waals surface area contributed by atoms with Crippen molar-refractivity contribution in [2.75, 3.05) is 5.32 Å². The summed E-state index contributed by atoms with van der Waals surface area (Å²) in [5, 5.41) is 9.46. The molecule has 1 N–H and O–H groups in total. The van der Waals surface area contributed by atoms with Gasteiger partial charge < -0.3 is 0 Å². The molecule has 0 aliphatic rings. The molecule has 0 saturated carbocycles. The van der Waals surface area contributed by atoms with Crippen LogP contribution in [0, 0.1) is 5.82 Å². The molecular formula is C17H17FN4OS. The Balaban J connectivity index is 1.74. The average molecular weight is 344 g/mol. The summed E-state index contributed by atoms with van der Waals surface area (Å²) >= 11 is 1.38. The van der Waals surface area contributed by atoms with Crippen molar-refractivity contribution in [1.29, 1.82) is 0 Å². The normalized spacial score (nSPS) is 11.5. The van der Waals surface area contributed by atoms with Gasteiger partial charge in [0.1, 0.15) is 5.82 Å². The minimum Gasteiger partial charge on any atom is -0.296 e. The van der Waals surface area contributed by atoms with Crippen molar-refractivity contribution in [1.82, 2.24) is 14.8 Å². The third-order valence-corrected chi connectivity index (χ3v) is 4.16. The lowest BCUT2D eigenvalue weighted by Crippen LogP contribution is -2.15. The van der Waals surface area contributed by atoms with Gasteiger partial charge in [-0.25, -0.2) is 14.1 Å². The van der Waals surface area contributed by atoms with Crippen molar-refractivity contribution in [3.63, 3.8) is 0 Å². The van der Waals surface area contributed by atoms with E-state index in [2.05, 4.69) is 36.2 Å². The Morgan fingerprint density at radius 1 is 1.21 bits per heavy atom. The molecule has 3 aromatic rings. The molecule has 0 aliphatic carbocycles. The Hall–Kier alpha value is -2.54. The molecule has 0 spiro atoms. The van der Waals surface area contributed by atoms with Gasteiger partial charge in [0.15, 0.2) is 10.8 Å². The molecular weight excluding hydrogens is 327 g/mol. The lowest BCUT2D eigenvalue weighted by atomic mass is 9.93. The maximum atomic E-state index is 13.0. The van der Waals surface area contributed by atoms with Crippen molar-refractivity contribution in [3.05, 3.63) is 59.1 Å². The van der Waals surface area contributed by atoms with Crippen LogP contribution in [0.4, 0.5) is 9.52 Å². The number of amides is 1. The predicted molar refractivity (Wildman–Crippen MR) is 92.3 cm³/mol. The van der Waals surface area contributed by atoms with Gasteiger partial charge in [-0.15, -0.1) is 11.3 Å². The number of halogens is 1. The monoisotopic (exact) mass is 344 g/mol. The second-order valence-corrected chi connectivity index (χ2v) is 7.22. The van der Waals surface area contributed by atoms with Gasteiger partial charge in [-0.1, -0.05) is 20.8 Å². The van der Waals surface area contributed by atoms with Gasteiger partial charge in [-0.05, 0) is 30.3 Å². The van der Waals surface area contributed by atoms with Crippen LogP contribution in [-0.2, 0) is 5.41 Å². The molecule has 124 valence electrons. The third-order valence-electron chi connectivity index (χ3n) is 3.41. The summed E-state index contributed by atoms with van der Waals surface area (Å²) in [6, 6.07) is 7.50. The highest BCUT2D eigenvalue weighted by atomic mass is 32.1. The van der Waals surface area contributed by atoms with E-state index in [1.165, 1.54) is 28.2 Å². The largest absolute Gasteiger partial charge is 0.296 e. The smallest absolute Gasteiger partial charge is 0.277 e. The first-order valence-electron chi connectivity index (χ1n) is 7.42. The Morgan fingerprint density at radius 2 is 1.92 bits per heavy atom. The van der Waals surface area contributed by atoms with Gasteiger partial charge >= 0.3 is 0 Å². The third kappa shape index (κ3) is 3.51. The number of hydrogen-bond donors (Lipinski definition) is 1. The summed E-state index contributed by atoms with van der Waals surface area (Å²) in [5.74, 6) is -0.645. The summed E-state index contributed by atoms with van der Waals surface area (Å²) < 4.78 is 14.5. The molecule has 1 amide bonds. The highest BCUT2D eigenvalue weighted by molar-refractivity contribution is 7.14. The van der Waals surface area contributed by atoms with E-state index in [1.54, 1.807) is 24.4 Å². The Labute approximate surface area is 143 Å². The van der Waals surface area contributed by atoms with E-state index in [4.69, 9.17) is 0 Å². The Bertz CT molecular complexity index is 861. The number of thiazole rings is 1. The summed E-state index contributed by atoms with van der Waals surface area (Å²) in [4.78, 5) is 16.7. The summed E-state index contributed by atoms with van der Waals surface area (Å²) in [5.41, 5.74) is 1.81. The van der Waals surface area contributed by atoms with E-state index in [1.807, 2.05) is 5.38 Å². The fourth-order valence-electron chi connectivity index (χ4n) is 2.02. The number of carbonyl (C=O) groups is 1.